The van der Waals surface area contributed by atoms with Crippen molar-refractivity contribution in [2.75, 3.05) is 6.54 Å². The van der Waals surface area contributed by atoms with Crippen LogP contribution in [0.4, 0.5) is 0 Å². The summed E-state index contributed by atoms with van der Waals surface area (Å²) in [5, 5.41) is 18.8. The van der Waals surface area contributed by atoms with E-state index in [9.17, 15) is 14.7 Å². The number of benzene rings is 1. The number of allylic oxidation sites excluding steroid dienone is 1. The predicted molar refractivity (Wildman–Crippen MR) is 107 cm³/mol. The number of aliphatic carboxylic acids is 1. The van der Waals surface area contributed by atoms with Crippen LogP contribution in [0.2, 0.25) is 0 Å². The zero-order valence-electron chi connectivity index (χ0n) is 15.4. The van der Waals surface area contributed by atoms with Crippen LogP contribution in [0.1, 0.15) is 38.5 Å². The van der Waals surface area contributed by atoms with Gasteiger partial charge in [0.1, 0.15) is 5.44 Å². The van der Waals surface area contributed by atoms with E-state index in [-0.39, 0.29) is 18.4 Å². The van der Waals surface area contributed by atoms with Crippen LogP contribution in [0.15, 0.2) is 59.5 Å². The Morgan fingerprint density at radius 1 is 1.30 bits per heavy atom. The number of carbonyl (C=O) groups is 2. The molecule has 0 aliphatic carbocycles. The van der Waals surface area contributed by atoms with Crippen molar-refractivity contribution in [3.63, 3.8) is 0 Å². The maximum absolute atomic E-state index is 12.3. The third-order valence-electron chi connectivity index (χ3n) is 4.34. The molecule has 6 heteroatoms. The Hall–Kier alpha value is -2.05. The van der Waals surface area contributed by atoms with Gasteiger partial charge < -0.3 is 15.1 Å². The molecule has 2 rings (SSSR count). The fourth-order valence-corrected chi connectivity index (χ4v) is 3.72. The van der Waals surface area contributed by atoms with E-state index < -0.39 is 11.4 Å². The van der Waals surface area contributed by atoms with Crippen LogP contribution in [0.5, 0.6) is 0 Å². The summed E-state index contributed by atoms with van der Waals surface area (Å²) in [5.74, 6) is -0.664. The number of amides is 1. The van der Waals surface area contributed by atoms with E-state index in [0.29, 0.717) is 25.8 Å². The number of piperidine rings is 1. The lowest BCUT2D eigenvalue weighted by atomic mass is 10.0. The number of hydrogen-bond donors (Lipinski definition) is 2. The number of hydrogen-bond acceptors (Lipinski definition) is 4. The number of carbonyl (C=O) groups excluding carboxylic acids is 1. The van der Waals surface area contributed by atoms with Crippen molar-refractivity contribution in [2.45, 2.75) is 54.9 Å². The van der Waals surface area contributed by atoms with Crippen molar-refractivity contribution in [3.8, 4) is 0 Å². The molecular weight excluding hydrogens is 362 g/mol. The van der Waals surface area contributed by atoms with Gasteiger partial charge in [-0.05, 0) is 43.9 Å². The molecule has 0 spiro atoms. The zero-order valence-corrected chi connectivity index (χ0v) is 16.2. The van der Waals surface area contributed by atoms with Gasteiger partial charge in [-0.15, -0.1) is 0 Å². The molecule has 1 aromatic carbocycles. The van der Waals surface area contributed by atoms with Crippen molar-refractivity contribution >= 4 is 23.6 Å². The molecule has 1 aromatic rings. The Kier molecular flexibility index (Phi) is 9.15. The number of unbranched alkanes of at least 4 members (excludes halogenated alkanes) is 1. The van der Waals surface area contributed by atoms with Crippen molar-refractivity contribution in [3.05, 3.63) is 54.6 Å². The van der Waals surface area contributed by atoms with Gasteiger partial charge >= 0.3 is 5.97 Å². The molecule has 0 saturated carbocycles. The van der Waals surface area contributed by atoms with Crippen LogP contribution in [-0.4, -0.2) is 45.0 Å². The highest BCUT2D eigenvalue weighted by Crippen LogP contribution is 2.24. The van der Waals surface area contributed by atoms with Crippen LogP contribution >= 0.6 is 11.8 Å². The first-order chi connectivity index (χ1) is 13.1. The van der Waals surface area contributed by atoms with Crippen molar-refractivity contribution in [1.82, 2.24) is 4.90 Å². The third-order valence-corrected chi connectivity index (χ3v) is 5.28. The number of rotatable bonds is 10. The second-order valence-corrected chi connectivity index (χ2v) is 7.66. The Morgan fingerprint density at radius 3 is 2.81 bits per heavy atom. The molecule has 146 valence electrons. The van der Waals surface area contributed by atoms with E-state index in [0.717, 1.165) is 17.7 Å². The summed E-state index contributed by atoms with van der Waals surface area (Å²) in [6.07, 6.45) is 11.3. The summed E-state index contributed by atoms with van der Waals surface area (Å²) in [6, 6.07) is 9.70. The monoisotopic (exact) mass is 389 g/mol. The van der Waals surface area contributed by atoms with Crippen molar-refractivity contribution in [1.29, 1.82) is 0 Å². The van der Waals surface area contributed by atoms with Crippen LogP contribution < -0.4 is 0 Å². The second kappa shape index (κ2) is 11.6. The number of carboxylic acid groups (broad SMARTS) is 1. The average Bonchev–Trinajstić information content (AvgIpc) is 2.65. The van der Waals surface area contributed by atoms with Crippen LogP contribution in [0.25, 0.3) is 0 Å². The number of aliphatic hydroxyl groups is 1. The first kappa shape index (κ1) is 21.3. The van der Waals surface area contributed by atoms with Gasteiger partial charge in [-0.2, -0.15) is 0 Å². The Balaban J connectivity index is 1.85. The highest BCUT2D eigenvalue weighted by molar-refractivity contribution is 7.99. The number of likely N-dealkylation sites (tertiary alicyclic amines) is 1. The van der Waals surface area contributed by atoms with Gasteiger partial charge in [0.25, 0.3) is 0 Å². The minimum absolute atomic E-state index is 0.0130. The normalized spacial score (nSPS) is 19.1. The molecule has 0 bridgehead atoms. The molecule has 0 radical (unpaired) electrons. The number of carboxylic acids is 1. The van der Waals surface area contributed by atoms with Gasteiger partial charge in [0.05, 0.1) is 6.04 Å². The minimum atomic E-state index is -0.785. The van der Waals surface area contributed by atoms with Gasteiger partial charge in [0, 0.05) is 24.3 Å². The van der Waals surface area contributed by atoms with E-state index in [2.05, 4.69) is 0 Å². The molecule has 1 amide bonds. The van der Waals surface area contributed by atoms with E-state index in [4.69, 9.17) is 5.11 Å². The molecule has 1 heterocycles. The third kappa shape index (κ3) is 8.01. The van der Waals surface area contributed by atoms with Crippen molar-refractivity contribution in [2.24, 2.45) is 0 Å². The molecule has 2 atom stereocenters. The molecule has 1 saturated heterocycles. The molecule has 1 fully saturated rings. The fourth-order valence-electron chi connectivity index (χ4n) is 2.96. The largest absolute Gasteiger partial charge is 0.481 e. The molecule has 2 N–H and O–H groups in total. The first-order valence-electron chi connectivity index (χ1n) is 9.30. The molecule has 1 unspecified atom stereocenters. The van der Waals surface area contributed by atoms with Gasteiger partial charge in [-0.25, -0.2) is 0 Å². The number of aliphatic hydroxyl groups excluding tert-OH is 1. The summed E-state index contributed by atoms with van der Waals surface area (Å²) < 4.78 is 0. The van der Waals surface area contributed by atoms with Crippen LogP contribution in [0, 0.1) is 0 Å². The lowest BCUT2D eigenvalue weighted by Gasteiger charge is -2.33. The summed E-state index contributed by atoms with van der Waals surface area (Å²) in [5.41, 5.74) is -0.655. The maximum atomic E-state index is 12.3. The molecular formula is C21H27NO4S. The van der Waals surface area contributed by atoms with Crippen molar-refractivity contribution < 1.29 is 19.8 Å². The van der Waals surface area contributed by atoms with Gasteiger partial charge in [-0.1, -0.05) is 48.2 Å². The van der Waals surface area contributed by atoms with Gasteiger partial charge in [-0.3, -0.25) is 9.59 Å². The highest BCUT2D eigenvalue weighted by Gasteiger charge is 2.25. The van der Waals surface area contributed by atoms with Gasteiger partial charge in [0.15, 0.2) is 0 Å². The Labute approximate surface area is 164 Å². The SMILES string of the molecule is O=C(O)CCCC=CCN1C(=O)CCC[C@@H]1C=CC(O)Sc1ccccc1. The number of thioether (sulfide) groups is 1. The quantitative estimate of drug-likeness (QED) is 0.275. The molecule has 1 aliphatic heterocycles. The first-order valence-corrected chi connectivity index (χ1v) is 10.2. The smallest absolute Gasteiger partial charge is 0.303 e. The Morgan fingerprint density at radius 2 is 2.07 bits per heavy atom. The van der Waals surface area contributed by atoms with Crippen LogP contribution in [0.3, 0.4) is 0 Å². The van der Waals surface area contributed by atoms with E-state index >= 15 is 0 Å². The van der Waals surface area contributed by atoms with Crippen LogP contribution in [-0.2, 0) is 9.59 Å². The Bertz CT molecular complexity index is 659. The molecule has 5 nitrogen and oxygen atoms in total. The predicted octanol–water partition coefficient (Wildman–Crippen LogP) is 3.85. The summed E-state index contributed by atoms with van der Waals surface area (Å²) in [6.45, 7) is 0.517. The fraction of sp³-hybridized carbons (Fsp3) is 0.429. The maximum Gasteiger partial charge on any atom is 0.303 e. The van der Waals surface area contributed by atoms with Gasteiger partial charge in [0.2, 0.25) is 5.91 Å². The second-order valence-electron chi connectivity index (χ2n) is 6.47. The standard InChI is InChI=1S/C21H27NO4S/c23-19-12-8-9-17(22(19)16-7-2-1-6-13-20(24)25)14-15-21(26)27-18-10-4-3-5-11-18/h2-5,7,10-11,14-15,17,21,26H,1,6,8-9,12-13,16H2,(H,24,25)/t17-,21?/m1/s1. The lowest BCUT2D eigenvalue weighted by molar-refractivity contribution is -0.137. The average molecular weight is 390 g/mol. The molecule has 1 aliphatic rings. The highest BCUT2D eigenvalue weighted by atomic mass is 32.2. The molecule has 0 aromatic heterocycles. The topological polar surface area (TPSA) is 77.8 Å². The number of nitrogens with zero attached hydrogens (tertiary/aromatic N) is 1. The molecule has 27 heavy (non-hydrogen) atoms. The lowest BCUT2D eigenvalue weighted by Crippen LogP contribution is -2.42. The minimum Gasteiger partial charge on any atom is -0.481 e. The zero-order chi connectivity index (χ0) is 19.5. The summed E-state index contributed by atoms with van der Waals surface area (Å²) in [7, 11) is 0. The van der Waals surface area contributed by atoms with E-state index in [1.807, 2.05) is 53.5 Å². The summed E-state index contributed by atoms with van der Waals surface area (Å²) >= 11 is 1.37. The van der Waals surface area contributed by atoms with E-state index in [1.165, 1.54) is 11.8 Å². The summed E-state index contributed by atoms with van der Waals surface area (Å²) in [4.78, 5) is 25.6. The van der Waals surface area contributed by atoms with E-state index in [1.54, 1.807) is 6.08 Å².